The third kappa shape index (κ3) is 4.03. The Morgan fingerprint density at radius 2 is 2.06 bits per heavy atom. The Morgan fingerprint density at radius 3 is 2.50 bits per heavy atom. The van der Waals surface area contributed by atoms with Crippen LogP contribution in [-0.2, 0) is 10.0 Å². The third-order valence-electron chi connectivity index (χ3n) is 2.85. The third-order valence-corrected chi connectivity index (χ3v) is 6.79. The smallest absolute Gasteiger partial charge is 0.252 e. The molecule has 0 aliphatic rings. The summed E-state index contributed by atoms with van der Waals surface area (Å²) in [5, 5.41) is 0. The van der Waals surface area contributed by atoms with Gasteiger partial charge in [-0.25, -0.2) is 12.7 Å². The van der Waals surface area contributed by atoms with Gasteiger partial charge in [-0.2, -0.15) is 0 Å². The molecule has 1 heterocycles. The number of hydrogen-bond acceptors (Lipinski definition) is 4. The molecule has 0 saturated carbocycles. The van der Waals surface area contributed by atoms with Gasteiger partial charge in [-0.15, -0.1) is 11.3 Å². The molecule has 0 bridgehead atoms. The molecule has 18 heavy (non-hydrogen) atoms. The largest absolute Gasteiger partial charge is 0.327 e. The molecule has 0 aromatic carbocycles. The first-order valence-corrected chi connectivity index (χ1v) is 8.77. The Kier molecular flexibility index (Phi) is 5.79. The van der Waals surface area contributed by atoms with E-state index < -0.39 is 10.0 Å². The van der Waals surface area contributed by atoms with Crippen LogP contribution in [0.4, 0.5) is 0 Å². The van der Waals surface area contributed by atoms with E-state index in [0.29, 0.717) is 23.1 Å². The Morgan fingerprint density at radius 1 is 1.44 bits per heavy atom. The first-order valence-electron chi connectivity index (χ1n) is 5.72. The van der Waals surface area contributed by atoms with Gasteiger partial charge in [-0.1, -0.05) is 13.8 Å². The van der Waals surface area contributed by atoms with E-state index in [9.17, 15) is 8.42 Å². The Balaban J connectivity index is 2.69. The minimum Gasteiger partial charge on any atom is -0.327 e. The summed E-state index contributed by atoms with van der Waals surface area (Å²) in [6.07, 6.45) is 0.667. The average molecular weight is 355 g/mol. The second-order valence-corrected chi connectivity index (χ2v) is 9.32. The van der Waals surface area contributed by atoms with Gasteiger partial charge in [-0.3, -0.25) is 0 Å². The van der Waals surface area contributed by atoms with E-state index in [1.165, 1.54) is 15.6 Å². The zero-order valence-corrected chi connectivity index (χ0v) is 14.0. The first-order chi connectivity index (χ1) is 8.25. The van der Waals surface area contributed by atoms with E-state index in [1.54, 1.807) is 19.2 Å². The molecule has 0 aliphatic carbocycles. The quantitative estimate of drug-likeness (QED) is 0.853. The molecule has 1 aromatic rings. The van der Waals surface area contributed by atoms with Crippen molar-refractivity contribution in [1.29, 1.82) is 0 Å². The van der Waals surface area contributed by atoms with Gasteiger partial charge >= 0.3 is 0 Å². The maximum Gasteiger partial charge on any atom is 0.252 e. The lowest BCUT2D eigenvalue weighted by Gasteiger charge is -2.20. The molecule has 0 spiro atoms. The van der Waals surface area contributed by atoms with Crippen LogP contribution in [0.15, 0.2) is 20.1 Å². The van der Waals surface area contributed by atoms with E-state index in [1.807, 2.05) is 13.8 Å². The van der Waals surface area contributed by atoms with Gasteiger partial charge in [0.1, 0.15) is 4.21 Å². The Bertz CT molecular complexity index is 485. The van der Waals surface area contributed by atoms with Crippen LogP contribution in [0.3, 0.4) is 0 Å². The van der Waals surface area contributed by atoms with Gasteiger partial charge in [0.25, 0.3) is 10.0 Å². The van der Waals surface area contributed by atoms with Crippen molar-refractivity contribution < 1.29 is 8.42 Å². The second kappa shape index (κ2) is 6.47. The fourth-order valence-electron chi connectivity index (χ4n) is 1.37. The summed E-state index contributed by atoms with van der Waals surface area (Å²) in [5.74, 6) is 0.358. The van der Waals surface area contributed by atoms with Gasteiger partial charge in [-0.05, 0) is 40.4 Å². The summed E-state index contributed by atoms with van der Waals surface area (Å²) in [6.45, 7) is 4.52. The number of nitrogens with two attached hydrogens (primary N) is 1. The van der Waals surface area contributed by atoms with Crippen LogP contribution in [0.5, 0.6) is 0 Å². The highest BCUT2D eigenvalue weighted by atomic mass is 79.9. The molecule has 0 amide bonds. The summed E-state index contributed by atoms with van der Waals surface area (Å²) >= 11 is 4.49. The SMILES string of the molecule is CC(C)C(N)CCN(C)S(=O)(=O)c1ccc(Br)s1. The normalized spacial score (nSPS) is 14.4. The van der Waals surface area contributed by atoms with E-state index in [-0.39, 0.29) is 6.04 Å². The average Bonchev–Trinajstić information content (AvgIpc) is 2.72. The summed E-state index contributed by atoms with van der Waals surface area (Å²) < 4.78 is 26.9. The van der Waals surface area contributed by atoms with Gasteiger partial charge in [0, 0.05) is 19.6 Å². The van der Waals surface area contributed by atoms with Crippen LogP contribution in [0.25, 0.3) is 0 Å². The van der Waals surface area contributed by atoms with Crippen molar-refractivity contribution >= 4 is 37.3 Å². The number of halogens is 1. The second-order valence-electron chi connectivity index (χ2n) is 4.58. The highest BCUT2D eigenvalue weighted by molar-refractivity contribution is 9.11. The summed E-state index contributed by atoms with van der Waals surface area (Å²) in [7, 11) is -1.78. The van der Waals surface area contributed by atoms with E-state index in [0.717, 1.165) is 3.79 Å². The molecule has 104 valence electrons. The molecule has 1 unspecified atom stereocenters. The van der Waals surface area contributed by atoms with Crippen molar-refractivity contribution in [2.75, 3.05) is 13.6 Å². The molecule has 1 rings (SSSR count). The molecular weight excluding hydrogens is 336 g/mol. The number of hydrogen-bond donors (Lipinski definition) is 1. The fourth-order valence-corrected chi connectivity index (χ4v) is 4.78. The molecule has 0 aliphatic heterocycles. The number of thiophene rings is 1. The fraction of sp³-hybridized carbons (Fsp3) is 0.636. The highest BCUT2D eigenvalue weighted by Crippen LogP contribution is 2.28. The van der Waals surface area contributed by atoms with Gasteiger partial charge in [0.15, 0.2) is 0 Å². The van der Waals surface area contributed by atoms with Crippen molar-refractivity contribution in [2.24, 2.45) is 11.7 Å². The number of sulfonamides is 1. The first kappa shape index (κ1) is 16.1. The zero-order valence-electron chi connectivity index (χ0n) is 10.8. The molecule has 1 aromatic heterocycles. The lowest BCUT2D eigenvalue weighted by molar-refractivity contribution is 0.398. The van der Waals surface area contributed by atoms with E-state index >= 15 is 0 Å². The van der Waals surface area contributed by atoms with Gasteiger partial charge in [0.05, 0.1) is 3.79 Å². The molecule has 4 nitrogen and oxygen atoms in total. The summed E-state index contributed by atoms with van der Waals surface area (Å²) in [4.78, 5) is 0. The Labute approximate surface area is 121 Å². The van der Waals surface area contributed by atoms with Crippen molar-refractivity contribution in [3.05, 3.63) is 15.9 Å². The molecular formula is C11H19BrN2O2S2. The van der Waals surface area contributed by atoms with Crippen molar-refractivity contribution in [2.45, 2.75) is 30.5 Å². The zero-order chi connectivity index (χ0) is 13.9. The minimum absolute atomic E-state index is 0.0257. The van der Waals surface area contributed by atoms with Crippen molar-refractivity contribution in [1.82, 2.24) is 4.31 Å². The molecule has 7 heteroatoms. The lowest BCUT2D eigenvalue weighted by atomic mass is 10.0. The minimum atomic E-state index is -3.37. The number of rotatable bonds is 6. The van der Waals surface area contributed by atoms with Crippen LogP contribution in [0.1, 0.15) is 20.3 Å². The number of nitrogens with zero attached hydrogens (tertiary/aromatic N) is 1. The van der Waals surface area contributed by atoms with E-state index in [4.69, 9.17) is 5.73 Å². The molecule has 0 radical (unpaired) electrons. The van der Waals surface area contributed by atoms with Gasteiger partial charge in [0.2, 0.25) is 0 Å². The maximum atomic E-state index is 12.2. The standard InChI is InChI=1S/C11H19BrN2O2S2/c1-8(2)9(13)6-7-14(3)18(15,16)11-5-4-10(12)17-11/h4-5,8-9H,6-7,13H2,1-3H3. The summed E-state index contributed by atoms with van der Waals surface area (Å²) in [5.41, 5.74) is 5.92. The highest BCUT2D eigenvalue weighted by Gasteiger charge is 2.23. The van der Waals surface area contributed by atoms with Crippen LogP contribution in [0, 0.1) is 5.92 Å². The van der Waals surface area contributed by atoms with Crippen molar-refractivity contribution in [3.63, 3.8) is 0 Å². The predicted octanol–water partition coefficient (Wildman–Crippen LogP) is 2.50. The van der Waals surface area contributed by atoms with Crippen molar-refractivity contribution in [3.8, 4) is 0 Å². The van der Waals surface area contributed by atoms with Crippen LogP contribution in [-0.4, -0.2) is 32.4 Å². The molecule has 0 fully saturated rings. The van der Waals surface area contributed by atoms with Crippen LogP contribution in [0.2, 0.25) is 0 Å². The summed E-state index contributed by atoms with van der Waals surface area (Å²) in [6, 6.07) is 3.38. The Hall–Kier alpha value is 0.0500. The van der Waals surface area contributed by atoms with Crippen LogP contribution < -0.4 is 5.73 Å². The van der Waals surface area contributed by atoms with E-state index in [2.05, 4.69) is 15.9 Å². The lowest BCUT2D eigenvalue weighted by Crippen LogP contribution is -2.34. The van der Waals surface area contributed by atoms with Crippen LogP contribution >= 0.6 is 27.3 Å². The predicted molar refractivity (Wildman–Crippen MR) is 79.3 cm³/mol. The molecule has 0 saturated heterocycles. The molecule has 2 N–H and O–H groups in total. The molecule has 1 atom stereocenters. The van der Waals surface area contributed by atoms with Gasteiger partial charge < -0.3 is 5.73 Å². The monoisotopic (exact) mass is 354 g/mol. The topological polar surface area (TPSA) is 63.4 Å². The maximum absolute atomic E-state index is 12.2.